The fourth-order valence-electron chi connectivity index (χ4n) is 4.05. The predicted octanol–water partition coefficient (Wildman–Crippen LogP) is 5.22. The van der Waals surface area contributed by atoms with Gasteiger partial charge in [-0.1, -0.05) is 23.7 Å². The van der Waals surface area contributed by atoms with Gasteiger partial charge >= 0.3 is 0 Å². The van der Waals surface area contributed by atoms with E-state index in [0.29, 0.717) is 27.4 Å². The van der Waals surface area contributed by atoms with Gasteiger partial charge in [0, 0.05) is 28.9 Å². The molecular formula is C27H21ClN4O4S. The third kappa shape index (κ3) is 4.78. The number of sulfonamides is 1. The van der Waals surface area contributed by atoms with Crippen molar-refractivity contribution in [3.05, 3.63) is 106 Å². The first-order chi connectivity index (χ1) is 17.8. The number of halogens is 1. The number of hydrogen-bond acceptors (Lipinski definition) is 6. The highest BCUT2D eigenvalue weighted by atomic mass is 35.5. The lowest BCUT2D eigenvalue weighted by Crippen LogP contribution is -2.19. The van der Waals surface area contributed by atoms with Crippen molar-refractivity contribution in [2.75, 3.05) is 11.8 Å². The molecule has 2 heterocycles. The summed E-state index contributed by atoms with van der Waals surface area (Å²) in [4.78, 5) is 20.9. The van der Waals surface area contributed by atoms with Crippen molar-refractivity contribution in [2.24, 2.45) is 0 Å². The average Bonchev–Trinajstić information content (AvgIpc) is 2.90. The summed E-state index contributed by atoms with van der Waals surface area (Å²) >= 11 is 6.17. The molecule has 10 heteroatoms. The monoisotopic (exact) mass is 532 g/mol. The zero-order valence-electron chi connectivity index (χ0n) is 19.8. The second-order valence-corrected chi connectivity index (χ2v) is 10.4. The Morgan fingerprint density at radius 1 is 0.946 bits per heavy atom. The number of anilines is 1. The van der Waals surface area contributed by atoms with Crippen LogP contribution in [0.1, 0.15) is 5.56 Å². The summed E-state index contributed by atoms with van der Waals surface area (Å²) in [5.74, 6) is 0.592. The molecule has 0 unspecified atom stereocenters. The number of aromatic nitrogens is 3. The molecular weight excluding hydrogens is 512 g/mol. The number of rotatable bonds is 6. The lowest BCUT2D eigenvalue weighted by molar-refractivity contribution is 0.413. The van der Waals surface area contributed by atoms with Crippen LogP contribution in [0.3, 0.4) is 0 Å². The first kappa shape index (κ1) is 24.5. The Morgan fingerprint density at radius 3 is 2.46 bits per heavy atom. The minimum Gasteiger partial charge on any atom is -0.495 e. The third-order valence-electron chi connectivity index (χ3n) is 5.89. The van der Waals surface area contributed by atoms with Gasteiger partial charge in [-0.2, -0.15) is 0 Å². The number of methoxy groups -OCH3 is 1. The SMILES string of the molecule is COc1cc(-c2ccc(Cl)c(C)c2)ccc1-n1c(=O)ccc2cc(S(=O)(=O)Nc3cnccn3)ccc21. The molecule has 0 aliphatic heterocycles. The maximum Gasteiger partial charge on any atom is 0.263 e. The smallest absolute Gasteiger partial charge is 0.263 e. The van der Waals surface area contributed by atoms with Crippen LogP contribution in [0.4, 0.5) is 5.82 Å². The highest BCUT2D eigenvalue weighted by molar-refractivity contribution is 7.92. The van der Waals surface area contributed by atoms with Crippen molar-refractivity contribution < 1.29 is 13.2 Å². The van der Waals surface area contributed by atoms with Crippen LogP contribution in [0.25, 0.3) is 27.7 Å². The molecule has 5 aromatic rings. The van der Waals surface area contributed by atoms with Crippen LogP contribution in [0.15, 0.2) is 95.0 Å². The molecule has 0 aliphatic carbocycles. The molecule has 0 saturated heterocycles. The van der Waals surface area contributed by atoms with Crippen molar-refractivity contribution in [3.63, 3.8) is 0 Å². The summed E-state index contributed by atoms with van der Waals surface area (Å²) in [6, 6.07) is 18.8. The van der Waals surface area contributed by atoms with Crippen LogP contribution >= 0.6 is 11.6 Å². The zero-order valence-corrected chi connectivity index (χ0v) is 21.4. The number of ether oxygens (including phenoxy) is 1. The van der Waals surface area contributed by atoms with Gasteiger partial charge in [-0.25, -0.2) is 13.4 Å². The average molecular weight is 533 g/mol. The fourth-order valence-corrected chi connectivity index (χ4v) is 5.20. The molecule has 186 valence electrons. The van der Waals surface area contributed by atoms with E-state index in [9.17, 15) is 13.2 Å². The second kappa shape index (κ2) is 9.68. The molecule has 0 bridgehead atoms. The molecule has 8 nitrogen and oxygen atoms in total. The van der Waals surface area contributed by atoms with Crippen LogP contribution in [-0.2, 0) is 10.0 Å². The summed E-state index contributed by atoms with van der Waals surface area (Å²) in [7, 11) is -2.39. The van der Waals surface area contributed by atoms with Gasteiger partial charge in [0.1, 0.15) is 5.75 Å². The lowest BCUT2D eigenvalue weighted by Gasteiger charge is -2.16. The van der Waals surface area contributed by atoms with Crippen LogP contribution in [-0.4, -0.2) is 30.1 Å². The van der Waals surface area contributed by atoms with Crippen molar-refractivity contribution in [1.82, 2.24) is 14.5 Å². The van der Waals surface area contributed by atoms with E-state index in [1.165, 1.54) is 48.5 Å². The third-order valence-corrected chi connectivity index (χ3v) is 7.67. The van der Waals surface area contributed by atoms with E-state index in [1.807, 2.05) is 37.3 Å². The zero-order chi connectivity index (χ0) is 26.2. The Morgan fingerprint density at radius 2 is 1.73 bits per heavy atom. The number of nitrogens with one attached hydrogen (secondary N) is 1. The van der Waals surface area contributed by atoms with Gasteiger partial charge in [0.15, 0.2) is 5.82 Å². The van der Waals surface area contributed by atoms with E-state index in [-0.39, 0.29) is 16.3 Å². The quantitative estimate of drug-likeness (QED) is 0.321. The van der Waals surface area contributed by atoms with Crippen LogP contribution in [0.5, 0.6) is 5.75 Å². The van der Waals surface area contributed by atoms with E-state index in [4.69, 9.17) is 16.3 Å². The van der Waals surface area contributed by atoms with E-state index in [1.54, 1.807) is 18.2 Å². The lowest BCUT2D eigenvalue weighted by atomic mass is 10.0. The summed E-state index contributed by atoms with van der Waals surface area (Å²) < 4.78 is 35.4. The summed E-state index contributed by atoms with van der Waals surface area (Å²) in [6.07, 6.45) is 4.16. The molecule has 0 aliphatic rings. The van der Waals surface area contributed by atoms with Crippen molar-refractivity contribution in [3.8, 4) is 22.6 Å². The van der Waals surface area contributed by atoms with Gasteiger partial charge in [0.25, 0.3) is 15.6 Å². The molecule has 0 radical (unpaired) electrons. The van der Waals surface area contributed by atoms with Gasteiger partial charge in [0.2, 0.25) is 0 Å². The van der Waals surface area contributed by atoms with E-state index in [2.05, 4.69) is 14.7 Å². The Bertz CT molecular complexity index is 1810. The largest absolute Gasteiger partial charge is 0.495 e. The Kier molecular flexibility index (Phi) is 6.41. The van der Waals surface area contributed by atoms with E-state index < -0.39 is 10.0 Å². The molecule has 0 spiro atoms. The van der Waals surface area contributed by atoms with Crippen LogP contribution < -0.4 is 15.0 Å². The Labute approximate surface area is 218 Å². The minimum absolute atomic E-state index is 0.0243. The molecule has 0 amide bonds. The number of pyridine rings is 1. The predicted molar refractivity (Wildman–Crippen MR) is 144 cm³/mol. The molecule has 37 heavy (non-hydrogen) atoms. The van der Waals surface area contributed by atoms with Crippen LogP contribution in [0, 0.1) is 6.92 Å². The first-order valence-corrected chi connectivity index (χ1v) is 13.0. The number of hydrogen-bond donors (Lipinski definition) is 1. The maximum absolute atomic E-state index is 13.0. The molecule has 0 fully saturated rings. The highest BCUT2D eigenvalue weighted by Crippen LogP contribution is 2.32. The number of fused-ring (bicyclic) bond motifs is 1. The molecule has 0 atom stereocenters. The second-order valence-electron chi connectivity index (χ2n) is 8.27. The van der Waals surface area contributed by atoms with Gasteiger partial charge in [-0.3, -0.25) is 19.1 Å². The van der Waals surface area contributed by atoms with Gasteiger partial charge in [-0.15, -0.1) is 0 Å². The molecule has 5 rings (SSSR count). The van der Waals surface area contributed by atoms with Gasteiger partial charge in [0.05, 0.1) is 29.4 Å². The first-order valence-electron chi connectivity index (χ1n) is 11.2. The fraction of sp³-hybridized carbons (Fsp3) is 0.0741. The van der Waals surface area contributed by atoms with E-state index >= 15 is 0 Å². The molecule has 2 aromatic heterocycles. The van der Waals surface area contributed by atoms with Gasteiger partial charge < -0.3 is 4.74 Å². The minimum atomic E-state index is -3.92. The highest BCUT2D eigenvalue weighted by Gasteiger charge is 2.18. The Balaban J connectivity index is 1.59. The topological polar surface area (TPSA) is 103 Å². The molecule has 1 N–H and O–H groups in total. The molecule has 3 aromatic carbocycles. The number of benzene rings is 3. The van der Waals surface area contributed by atoms with Crippen molar-refractivity contribution >= 4 is 38.3 Å². The summed E-state index contributed by atoms with van der Waals surface area (Å²) in [5.41, 5.74) is 3.58. The van der Waals surface area contributed by atoms with E-state index in [0.717, 1.165) is 16.7 Å². The number of nitrogens with zero attached hydrogens (tertiary/aromatic N) is 3. The standard InChI is InChI=1S/C27H21ClN4O4S/c1-17-13-18(3-7-22(17)28)19-4-8-24(25(15-19)36-2)32-23-9-6-21(14-20(23)5-10-27(32)33)37(34,35)31-26-16-29-11-12-30-26/h3-16H,1-2H3,(H,30,31). The summed E-state index contributed by atoms with van der Waals surface area (Å²) in [6.45, 7) is 1.93. The number of aryl methyl sites for hydroxylation is 1. The van der Waals surface area contributed by atoms with Crippen molar-refractivity contribution in [2.45, 2.75) is 11.8 Å². The molecule has 0 saturated carbocycles. The van der Waals surface area contributed by atoms with Crippen LogP contribution in [0.2, 0.25) is 5.02 Å². The normalized spacial score (nSPS) is 11.4. The van der Waals surface area contributed by atoms with Crippen molar-refractivity contribution in [1.29, 1.82) is 0 Å². The Hall–Kier alpha value is -4.21. The van der Waals surface area contributed by atoms with Gasteiger partial charge in [-0.05, 0) is 72.1 Å². The maximum atomic E-state index is 13.0. The summed E-state index contributed by atoms with van der Waals surface area (Å²) in [5, 5.41) is 1.24.